The first-order valence-corrected chi connectivity index (χ1v) is 5.89. The van der Waals surface area contributed by atoms with E-state index in [2.05, 4.69) is 5.32 Å². The molecule has 0 heterocycles. The fourth-order valence-electron chi connectivity index (χ4n) is 1.27. The minimum Gasteiger partial charge on any atom is -0.492 e. The van der Waals surface area contributed by atoms with Crippen LogP contribution in [0.25, 0.3) is 0 Å². The molecule has 1 aromatic carbocycles. The molecule has 0 atom stereocenters. The van der Waals surface area contributed by atoms with Crippen LogP contribution in [-0.4, -0.2) is 33.4 Å². The molecule has 0 saturated heterocycles. The third-order valence-electron chi connectivity index (χ3n) is 2.14. The molecule has 0 fully saturated rings. The van der Waals surface area contributed by atoms with Gasteiger partial charge in [-0.05, 0) is 25.1 Å². The van der Waals surface area contributed by atoms with Crippen molar-refractivity contribution in [2.45, 2.75) is 6.42 Å². The summed E-state index contributed by atoms with van der Waals surface area (Å²) in [6, 6.07) is 4.42. The van der Waals surface area contributed by atoms with Crippen molar-refractivity contribution in [1.82, 2.24) is 5.32 Å². The predicted octanol–water partition coefficient (Wildman–Crippen LogP) is 2.48. The molecule has 0 aliphatic heterocycles. The summed E-state index contributed by atoms with van der Waals surface area (Å²) in [5.41, 5.74) is 0. The van der Waals surface area contributed by atoms with E-state index in [1.54, 1.807) is 13.2 Å². The molecule has 0 aromatic heterocycles. The number of rotatable bonds is 8. The van der Waals surface area contributed by atoms with Crippen molar-refractivity contribution >= 4 is 11.6 Å². The summed E-state index contributed by atoms with van der Waals surface area (Å²) < 4.78 is 23.3. The zero-order chi connectivity index (χ0) is 12.5. The van der Waals surface area contributed by atoms with Gasteiger partial charge >= 0.3 is 0 Å². The second-order valence-corrected chi connectivity index (χ2v) is 3.93. The van der Waals surface area contributed by atoms with E-state index in [0.717, 1.165) is 19.6 Å². The highest BCUT2D eigenvalue weighted by atomic mass is 35.5. The minimum atomic E-state index is -0.461. The van der Waals surface area contributed by atoms with Crippen LogP contribution < -0.4 is 10.1 Å². The predicted molar refractivity (Wildman–Crippen MR) is 66.3 cm³/mol. The maximum atomic E-state index is 13.1. The van der Waals surface area contributed by atoms with Gasteiger partial charge in [0.05, 0.1) is 5.02 Å². The van der Waals surface area contributed by atoms with Gasteiger partial charge in [-0.25, -0.2) is 4.39 Å². The smallest absolute Gasteiger partial charge is 0.145 e. The number of hydrogen-bond donors (Lipinski definition) is 1. The highest BCUT2D eigenvalue weighted by Crippen LogP contribution is 2.20. The normalized spacial score (nSPS) is 10.5. The number of hydrogen-bond acceptors (Lipinski definition) is 3. The lowest BCUT2D eigenvalue weighted by Gasteiger charge is -2.07. The number of methoxy groups -OCH3 is 1. The van der Waals surface area contributed by atoms with Gasteiger partial charge in [-0.15, -0.1) is 0 Å². The van der Waals surface area contributed by atoms with Crippen LogP contribution in [0.1, 0.15) is 6.42 Å². The monoisotopic (exact) mass is 261 g/mol. The highest BCUT2D eigenvalue weighted by Gasteiger charge is 2.01. The van der Waals surface area contributed by atoms with E-state index in [1.165, 1.54) is 12.1 Å². The van der Waals surface area contributed by atoms with E-state index in [-0.39, 0.29) is 5.02 Å². The third-order valence-corrected chi connectivity index (χ3v) is 2.45. The van der Waals surface area contributed by atoms with E-state index in [9.17, 15) is 4.39 Å². The van der Waals surface area contributed by atoms with Gasteiger partial charge in [0, 0.05) is 26.3 Å². The lowest BCUT2D eigenvalue weighted by Crippen LogP contribution is -2.22. The zero-order valence-electron chi connectivity index (χ0n) is 9.84. The average molecular weight is 262 g/mol. The molecule has 0 radical (unpaired) electrons. The van der Waals surface area contributed by atoms with Crippen LogP contribution in [-0.2, 0) is 4.74 Å². The molecular weight excluding hydrogens is 245 g/mol. The lowest BCUT2D eigenvalue weighted by atomic mass is 10.3. The van der Waals surface area contributed by atoms with E-state index >= 15 is 0 Å². The van der Waals surface area contributed by atoms with Crippen molar-refractivity contribution in [3.05, 3.63) is 29.0 Å². The third kappa shape index (κ3) is 5.86. The molecule has 0 unspecified atom stereocenters. The largest absolute Gasteiger partial charge is 0.492 e. The summed E-state index contributed by atoms with van der Waals surface area (Å²) in [7, 11) is 1.68. The summed E-state index contributed by atoms with van der Waals surface area (Å²) in [5.74, 6) is 0.0304. The molecule has 0 aliphatic rings. The van der Waals surface area contributed by atoms with Crippen molar-refractivity contribution in [3.63, 3.8) is 0 Å². The van der Waals surface area contributed by atoms with E-state index in [0.29, 0.717) is 18.9 Å². The van der Waals surface area contributed by atoms with Crippen LogP contribution in [0.2, 0.25) is 5.02 Å². The van der Waals surface area contributed by atoms with Gasteiger partial charge in [0.2, 0.25) is 0 Å². The summed E-state index contributed by atoms with van der Waals surface area (Å²) in [4.78, 5) is 0. The van der Waals surface area contributed by atoms with Crippen molar-refractivity contribution in [2.75, 3.05) is 33.4 Å². The van der Waals surface area contributed by atoms with Gasteiger partial charge in [-0.1, -0.05) is 11.6 Å². The Labute approximate surface area is 106 Å². The fraction of sp³-hybridized carbons (Fsp3) is 0.500. The summed E-state index contributed by atoms with van der Waals surface area (Å²) >= 11 is 5.56. The molecule has 3 nitrogen and oxygen atoms in total. The van der Waals surface area contributed by atoms with Crippen molar-refractivity contribution in [3.8, 4) is 5.75 Å². The molecule has 0 spiro atoms. The van der Waals surface area contributed by atoms with Gasteiger partial charge in [0.15, 0.2) is 0 Å². The van der Waals surface area contributed by atoms with Gasteiger partial charge < -0.3 is 14.8 Å². The summed E-state index contributed by atoms with van der Waals surface area (Å²) in [6.07, 6.45) is 0.964. The molecule has 1 N–H and O–H groups in total. The van der Waals surface area contributed by atoms with Crippen LogP contribution in [0, 0.1) is 5.82 Å². The zero-order valence-corrected chi connectivity index (χ0v) is 10.6. The first-order chi connectivity index (χ1) is 8.24. The average Bonchev–Trinajstić information content (AvgIpc) is 2.32. The van der Waals surface area contributed by atoms with Crippen LogP contribution in [0.15, 0.2) is 18.2 Å². The topological polar surface area (TPSA) is 30.5 Å². The van der Waals surface area contributed by atoms with E-state index in [4.69, 9.17) is 21.1 Å². The first kappa shape index (κ1) is 14.2. The Morgan fingerprint density at radius 3 is 2.82 bits per heavy atom. The van der Waals surface area contributed by atoms with Gasteiger partial charge in [0.25, 0.3) is 0 Å². The van der Waals surface area contributed by atoms with Gasteiger partial charge in [-0.2, -0.15) is 0 Å². The molecule has 1 rings (SSSR count). The minimum absolute atomic E-state index is 0.107. The van der Waals surface area contributed by atoms with E-state index in [1.807, 2.05) is 0 Å². The lowest BCUT2D eigenvalue weighted by molar-refractivity contribution is 0.193. The number of ether oxygens (including phenoxy) is 2. The van der Waals surface area contributed by atoms with Crippen molar-refractivity contribution in [2.24, 2.45) is 0 Å². The Kier molecular flexibility index (Phi) is 6.93. The standard InChI is InChI=1S/C12H17ClFNO2/c1-16-7-2-5-15-6-8-17-10-3-4-11(13)12(14)9-10/h3-4,9,15H,2,5-8H2,1H3. The fourth-order valence-corrected chi connectivity index (χ4v) is 1.39. The van der Waals surface area contributed by atoms with Crippen molar-refractivity contribution in [1.29, 1.82) is 0 Å². The molecule has 96 valence electrons. The first-order valence-electron chi connectivity index (χ1n) is 5.51. The van der Waals surface area contributed by atoms with Crippen molar-refractivity contribution < 1.29 is 13.9 Å². The second-order valence-electron chi connectivity index (χ2n) is 3.52. The van der Waals surface area contributed by atoms with Crippen LogP contribution >= 0.6 is 11.6 Å². The molecule has 0 bridgehead atoms. The molecule has 1 aromatic rings. The molecule has 0 saturated carbocycles. The van der Waals surface area contributed by atoms with Crippen LogP contribution in [0.4, 0.5) is 4.39 Å². The molecule has 5 heteroatoms. The van der Waals surface area contributed by atoms with Gasteiger partial charge in [-0.3, -0.25) is 0 Å². The van der Waals surface area contributed by atoms with Crippen LogP contribution in [0.5, 0.6) is 5.75 Å². The number of benzene rings is 1. The molecule has 0 aliphatic carbocycles. The maximum Gasteiger partial charge on any atom is 0.145 e. The Morgan fingerprint density at radius 2 is 2.12 bits per heavy atom. The quantitative estimate of drug-likeness (QED) is 0.730. The Balaban J connectivity index is 2.11. The Bertz CT molecular complexity index is 336. The number of halogens is 2. The molecule has 0 amide bonds. The Morgan fingerprint density at radius 1 is 1.29 bits per heavy atom. The van der Waals surface area contributed by atoms with E-state index < -0.39 is 5.82 Å². The number of nitrogens with one attached hydrogen (secondary N) is 1. The SMILES string of the molecule is COCCCNCCOc1ccc(Cl)c(F)c1. The van der Waals surface area contributed by atoms with Crippen LogP contribution in [0.3, 0.4) is 0 Å². The Hall–Kier alpha value is -0.840. The second kappa shape index (κ2) is 8.28. The van der Waals surface area contributed by atoms with Gasteiger partial charge in [0.1, 0.15) is 18.2 Å². The highest BCUT2D eigenvalue weighted by molar-refractivity contribution is 6.30. The maximum absolute atomic E-state index is 13.1. The summed E-state index contributed by atoms with van der Waals surface area (Å²) in [5, 5.41) is 3.30. The molecular formula is C12H17ClFNO2. The molecule has 17 heavy (non-hydrogen) atoms. The summed E-state index contributed by atoms with van der Waals surface area (Å²) in [6.45, 7) is 2.84.